The van der Waals surface area contributed by atoms with Gasteiger partial charge in [-0.2, -0.15) is 0 Å². The predicted octanol–water partition coefficient (Wildman–Crippen LogP) is 3.42. The van der Waals surface area contributed by atoms with Crippen molar-refractivity contribution in [2.75, 3.05) is 5.32 Å². The van der Waals surface area contributed by atoms with Crippen LogP contribution in [0.1, 0.15) is 0 Å². The average Bonchev–Trinajstić information content (AvgIpc) is 2.31. The molecule has 1 aromatic rings. The Morgan fingerprint density at radius 3 is 2.67 bits per heavy atom. The summed E-state index contributed by atoms with van der Waals surface area (Å²) >= 11 is 0. The summed E-state index contributed by atoms with van der Waals surface area (Å²) in [5.74, 6) is -0.0527. The van der Waals surface area contributed by atoms with Crippen LogP contribution in [0.25, 0.3) is 0 Å². The zero-order chi connectivity index (χ0) is 10.5. The number of rotatable bonds is 2. The van der Waals surface area contributed by atoms with Gasteiger partial charge in [0.05, 0.1) is 4.91 Å². The quantitative estimate of drug-likeness (QED) is 0.796. The van der Waals surface area contributed by atoms with Crippen molar-refractivity contribution in [3.63, 3.8) is 0 Å². The summed E-state index contributed by atoms with van der Waals surface area (Å²) in [4.78, 5) is 12.4. The molecular formula is C11H9NOS2. The molecule has 2 rings (SSSR count). The van der Waals surface area contributed by atoms with Crippen LogP contribution in [0.3, 0.4) is 0 Å². The highest BCUT2D eigenvalue weighted by atomic mass is 33.1. The highest BCUT2D eigenvalue weighted by molar-refractivity contribution is 8.79. The second kappa shape index (κ2) is 5.09. The first kappa shape index (κ1) is 10.4. The van der Waals surface area contributed by atoms with Crippen LogP contribution >= 0.6 is 21.6 Å². The van der Waals surface area contributed by atoms with Crippen molar-refractivity contribution in [2.24, 2.45) is 0 Å². The summed E-state index contributed by atoms with van der Waals surface area (Å²) in [6.45, 7) is 0. The molecule has 0 saturated heterocycles. The Hall–Kier alpha value is -1.13. The Kier molecular flexibility index (Phi) is 3.53. The molecular weight excluding hydrogens is 226 g/mol. The van der Waals surface area contributed by atoms with E-state index in [1.807, 2.05) is 47.9 Å². The fourth-order valence-corrected chi connectivity index (χ4v) is 2.72. The zero-order valence-electron chi connectivity index (χ0n) is 7.84. The van der Waals surface area contributed by atoms with E-state index in [0.29, 0.717) is 0 Å². The summed E-state index contributed by atoms with van der Waals surface area (Å²) in [5.41, 5.74) is 0.823. The number of hydrogen-bond acceptors (Lipinski definition) is 3. The minimum atomic E-state index is -0.0527. The van der Waals surface area contributed by atoms with Gasteiger partial charge in [-0.1, -0.05) is 35.1 Å². The Labute approximate surface area is 96.2 Å². The molecule has 1 aliphatic heterocycles. The Bertz CT molecular complexity index is 412. The van der Waals surface area contributed by atoms with Crippen LogP contribution in [-0.2, 0) is 4.79 Å². The van der Waals surface area contributed by atoms with Crippen LogP contribution in [0.4, 0.5) is 5.69 Å². The highest BCUT2D eigenvalue weighted by Gasteiger charge is 2.11. The third-order valence-electron chi connectivity index (χ3n) is 1.78. The average molecular weight is 235 g/mol. The van der Waals surface area contributed by atoms with Gasteiger partial charge in [-0.25, -0.2) is 0 Å². The topological polar surface area (TPSA) is 29.1 Å². The molecule has 0 spiro atoms. The van der Waals surface area contributed by atoms with Crippen molar-refractivity contribution in [1.82, 2.24) is 0 Å². The standard InChI is InChI=1S/C11H9NOS2/c13-11(10-7-4-8-14-15-10)12-9-5-2-1-3-6-9/h1-8H,(H,12,13). The van der Waals surface area contributed by atoms with Crippen LogP contribution in [0, 0.1) is 0 Å². The Morgan fingerprint density at radius 2 is 2.00 bits per heavy atom. The molecule has 0 saturated carbocycles. The van der Waals surface area contributed by atoms with E-state index in [-0.39, 0.29) is 5.91 Å². The number of amides is 1. The molecule has 1 aromatic carbocycles. The molecule has 0 radical (unpaired) electrons. The van der Waals surface area contributed by atoms with Gasteiger partial charge in [-0.3, -0.25) is 4.79 Å². The molecule has 1 amide bonds. The second-order valence-corrected chi connectivity index (χ2v) is 5.01. The summed E-state index contributed by atoms with van der Waals surface area (Å²) < 4.78 is 0. The maximum absolute atomic E-state index is 11.7. The first-order valence-corrected chi connectivity index (χ1v) is 6.64. The number of para-hydroxylation sites is 1. The van der Waals surface area contributed by atoms with Gasteiger partial charge in [0.15, 0.2) is 0 Å². The van der Waals surface area contributed by atoms with Crippen molar-refractivity contribution in [3.8, 4) is 0 Å². The predicted molar refractivity (Wildman–Crippen MR) is 67.5 cm³/mol. The van der Waals surface area contributed by atoms with Crippen molar-refractivity contribution in [3.05, 3.63) is 52.8 Å². The van der Waals surface area contributed by atoms with Gasteiger partial charge < -0.3 is 5.32 Å². The molecule has 2 nitrogen and oxygen atoms in total. The molecule has 0 unspecified atom stereocenters. The number of carbonyl (C=O) groups is 1. The van der Waals surface area contributed by atoms with Gasteiger partial charge in [0.1, 0.15) is 0 Å². The van der Waals surface area contributed by atoms with E-state index in [1.54, 1.807) is 10.8 Å². The van der Waals surface area contributed by atoms with Gasteiger partial charge in [0, 0.05) is 5.69 Å². The lowest BCUT2D eigenvalue weighted by Crippen LogP contribution is -2.12. The van der Waals surface area contributed by atoms with Crippen molar-refractivity contribution < 1.29 is 4.79 Å². The molecule has 0 fully saturated rings. The second-order valence-electron chi connectivity index (χ2n) is 2.86. The fourth-order valence-electron chi connectivity index (χ4n) is 1.09. The third kappa shape index (κ3) is 2.91. The number of allylic oxidation sites excluding steroid dienone is 2. The lowest BCUT2D eigenvalue weighted by atomic mass is 10.3. The van der Waals surface area contributed by atoms with Crippen molar-refractivity contribution >= 4 is 33.2 Å². The molecule has 0 aromatic heterocycles. The number of anilines is 1. The molecule has 1 N–H and O–H groups in total. The van der Waals surface area contributed by atoms with E-state index in [0.717, 1.165) is 10.6 Å². The maximum Gasteiger partial charge on any atom is 0.262 e. The molecule has 15 heavy (non-hydrogen) atoms. The molecule has 1 aliphatic rings. The molecule has 0 atom stereocenters. The van der Waals surface area contributed by atoms with Crippen LogP contribution in [-0.4, -0.2) is 5.91 Å². The lowest BCUT2D eigenvalue weighted by molar-refractivity contribution is -0.112. The number of carbonyl (C=O) groups excluding carboxylic acids is 1. The molecule has 1 heterocycles. The minimum Gasteiger partial charge on any atom is -0.322 e. The zero-order valence-corrected chi connectivity index (χ0v) is 9.48. The van der Waals surface area contributed by atoms with Gasteiger partial charge in [0.2, 0.25) is 0 Å². The minimum absolute atomic E-state index is 0.0527. The molecule has 4 heteroatoms. The van der Waals surface area contributed by atoms with Crippen LogP contribution in [0.2, 0.25) is 0 Å². The van der Waals surface area contributed by atoms with Gasteiger partial charge in [-0.05, 0) is 34.4 Å². The van der Waals surface area contributed by atoms with Crippen LogP contribution < -0.4 is 5.32 Å². The fraction of sp³-hybridized carbons (Fsp3) is 0. The number of benzene rings is 1. The van der Waals surface area contributed by atoms with E-state index in [1.165, 1.54) is 10.8 Å². The monoisotopic (exact) mass is 235 g/mol. The summed E-state index contributed by atoms with van der Waals surface area (Å²) in [5, 5.41) is 4.78. The van der Waals surface area contributed by atoms with E-state index in [2.05, 4.69) is 5.32 Å². The van der Waals surface area contributed by atoms with Crippen LogP contribution in [0.5, 0.6) is 0 Å². The molecule has 0 aliphatic carbocycles. The third-order valence-corrected chi connectivity index (χ3v) is 3.80. The molecule has 76 valence electrons. The highest BCUT2D eigenvalue weighted by Crippen LogP contribution is 2.34. The maximum atomic E-state index is 11.7. The van der Waals surface area contributed by atoms with Crippen molar-refractivity contribution in [1.29, 1.82) is 0 Å². The van der Waals surface area contributed by atoms with Gasteiger partial charge in [0.25, 0.3) is 5.91 Å². The lowest BCUT2D eigenvalue weighted by Gasteiger charge is -2.08. The van der Waals surface area contributed by atoms with E-state index in [4.69, 9.17) is 0 Å². The largest absolute Gasteiger partial charge is 0.322 e. The smallest absolute Gasteiger partial charge is 0.262 e. The van der Waals surface area contributed by atoms with E-state index >= 15 is 0 Å². The first-order valence-electron chi connectivity index (χ1n) is 4.43. The van der Waals surface area contributed by atoms with Gasteiger partial charge in [-0.15, -0.1) is 0 Å². The Morgan fingerprint density at radius 1 is 1.20 bits per heavy atom. The molecule has 0 bridgehead atoms. The SMILES string of the molecule is O=C(Nc1ccccc1)C1=CC=CSS1. The number of nitrogens with one attached hydrogen (secondary N) is 1. The van der Waals surface area contributed by atoms with E-state index in [9.17, 15) is 4.79 Å². The first-order chi connectivity index (χ1) is 7.36. The van der Waals surface area contributed by atoms with Crippen molar-refractivity contribution in [2.45, 2.75) is 0 Å². The van der Waals surface area contributed by atoms with Crippen LogP contribution in [0.15, 0.2) is 52.8 Å². The van der Waals surface area contributed by atoms with Gasteiger partial charge >= 0.3 is 0 Å². The summed E-state index contributed by atoms with van der Waals surface area (Å²) in [7, 11) is 3.02. The number of hydrogen-bond donors (Lipinski definition) is 1. The summed E-state index contributed by atoms with van der Waals surface area (Å²) in [6.07, 6.45) is 3.69. The van der Waals surface area contributed by atoms with E-state index < -0.39 is 0 Å². The summed E-state index contributed by atoms with van der Waals surface area (Å²) in [6, 6.07) is 9.45. The normalized spacial score (nSPS) is 14.5. The Balaban J connectivity index is 2.04.